The first kappa shape index (κ1) is 28.5. The van der Waals surface area contributed by atoms with Crippen LogP contribution < -0.4 is 15.4 Å². The fourth-order valence-corrected chi connectivity index (χ4v) is 4.57. The standard InChI is InChI=1S/C32H44N2O3/c1-6-7-11-23-16-18-24(28(35)19-17-23)21-34-30(32(2,3)4)22-33-20-25-12-10-14-27(31(25)36)26-13-8-9-15-29(26)37-5/h8-10,12-15,17-19,30,33-36H,6-7,11,16,20-22H2,1-5H3. The van der Waals surface area contributed by atoms with E-state index in [1.165, 1.54) is 18.4 Å². The number of benzene rings is 2. The molecule has 0 saturated carbocycles. The Hall–Kier alpha value is -3.02. The van der Waals surface area contributed by atoms with Crippen LogP contribution in [0.4, 0.5) is 0 Å². The average molecular weight is 505 g/mol. The Kier molecular flexibility index (Phi) is 10.4. The monoisotopic (exact) mass is 504 g/mol. The van der Waals surface area contributed by atoms with Crippen molar-refractivity contribution in [3.8, 4) is 22.6 Å². The Balaban J connectivity index is 1.63. The second kappa shape index (κ2) is 13.5. The van der Waals surface area contributed by atoms with Crippen molar-refractivity contribution >= 4 is 0 Å². The molecule has 1 unspecified atom stereocenters. The largest absolute Gasteiger partial charge is 0.508 e. The minimum atomic E-state index is 0.00343. The summed E-state index contributed by atoms with van der Waals surface area (Å²) in [6.07, 6.45) is 10.4. The summed E-state index contributed by atoms with van der Waals surface area (Å²) in [7, 11) is 1.64. The fourth-order valence-electron chi connectivity index (χ4n) is 4.57. The van der Waals surface area contributed by atoms with E-state index in [4.69, 9.17) is 4.74 Å². The van der Waals surface area contributed by atoms with E-state index in [1.54, 1.807) is 7.11 Å². The van der Waals surface area contributed by atoms with Crippen LogP contribution in [0.3, 0.4) is 0 Å². The van der Waals surface area contributed by atoms with Crippen molar-refractivity contribution in [2.45, 2.75) is 66.0 Å². The number of methoxy groups -OCH3 is 1. The van der Waals surface area contributed by atoms with Crippen molar-refractivity contribution in [1.82, 2.24) is 10.6 Å². The van der Waals surface area contributed by atoms with Gasteiger partial charge in [0.2, 0.25) is 0 Å². The zero-order chi connectivity index (χ0) is 26.8. The van der Waals surface area contributed by atoms with Gasteiger partial charge in [-0.2, -0.15) is 0 Å². The van der Waals surface area contributed by atoms with Crippen LogP contribution in [-0.4, -0.2) is 36.5 Å². The Morgan fingerprint density at radius 2 is 1.73 bits per heavy atom. The van der Waals surface area contributed by atoms with Crippen LogP contribution in [0.1, 0.15) is 58.9 Å². The molecular formula is C32H44N2O3. The third kappa shape index (κ3) is 7.98. The highest BCUT2D eigenvalue weighted by Gasteiger charge is 2.25. The molecule has 0 radical (unpaired) electrons. The second-order valence-corrected chi connectivity index (χ2v) is 10.9. The molecule has 0 amide bonds. The van der Waals surface area contributed by atoms with Crippen LogP contribution in [0.25, 0.3) is 11.1 Å². The maximum atomic E-state index is 11.0. The highest BCUT2D eigenvalue weighted by molar-refractivity contribution is 5.76. The lowest BCUT2D eigenvalue weighted by Gasteiger charge is -2.32. The molecule has 5 nitrogen and oxygen atoms in total. The van der Waals surface area contributed by atoms with Gasteiger partial charge >= 0.3 is 0 Å². The molecule has 0 aromatic heterocycles. The molecule has 5 heteroatoms. The van der Waals surface area contributed by atoms with E-state index in [0.717, 1.165) is 47.4 Å². The normalized spacial score (nSPS) is 14.9. The maximum Gasteiger partial charge on any atom is 0.128 e. The molecule has 1 atom stereocenters. The highest BCUT2D eigenvalue weighted by atomic mass is 16.5. The molecule has 0 fully saturated rings. The molecule has 37 heavy (non-hydrogen) atoms. The zero-order valence-corrected chi connectivity index (χ0v) is 23.1. The molecule has 2 aromatic carbocycles. The molecule has 4 N–H and O–H groups in total. The maximum absolute atomic E-state index is 11.0. The molecule has 0 bridgehead atoms. The number of phenols is 1. The molecular weight excluding hydrogens is 460 g/mol. The van der Waals surface area contributed by atoms with E-state index in [2.05, 4.69) is 50.5 Å². The Morgan fingerprint density at radius 1 is 0.973 bits per heavy atom. The number of rotatable bonds is 12. The third-order valence-electron chi connectivity index (χ3n) is 7.03. The van der Waals surface area contributed by atoms with Crippen LogP contribution in [0.5, 0.6) is 11.5 Å². The summed E-state index contributed by atoms with van der Waals surface area (Å²) in [5.74, 6) is 1.35. The molecule has 3 rings (SSSR count). The van der Waals surface area contributed by atoms with Gasteiger partial charge in [-0.3, -0.25) is 0 Å². The molecule has 0 aliphatic heterocycles. The lowest BCUT2D eigenvalue weighted by Crippen LogP contribution is -2.47. The van der Waals surface area contributed by atoms with Crippen LogP contribution in [0.2, 0.25) is 0 Å². The van der Waals surface area contributed by atoms with Crippen LogP contribution in [0.15, 0.2) is 77.6 Å². The van der Waals surface area contributed by atoms with E-state index in [1.807, 2.05) is 48.5 Å². The summed E-state index contributed by atoms with van der Waals surface area (Å²) in [6.45, 7) is 10.7. The van der Waals surface area contributed by atoms with Crippen LogP contribution in [0, 0.1) is 5.41 Å². The van der Waals surface area contributed by atoms with Crippen molar-refractivity contribution in [2.24, 2.45) is 5.41 Å². The summed E-state index contributed by atoms with van der Waals surface area (Å²) in [5, 5.41) is 28.8. The average Bonchev–Trinajstić information content (AvgIpc) is 3.05. The number of ether oxygens (including phenoxy) is 1. The smallest absolute Gasteiger partial charge is 0.128 e. The van der Waals surface area contributed by atoms with E-state index < -0.39 is 0 Å². The number of allylic oxidation sites excluding steroid dienone is 4. The van der Waals surface area contributed by atoms with Gasteiger partial charge in [0.05, 0.1) is 7.11 Å². The number of phenolic OH excluding ortho intramolecular Hbond substituents is 1. The molecule has 0 saturated heterocycles. The first-order valence-electron chi connectivity index (χ1n) is 13.4. The van der Waals surface area contributed by atoms with Gasteiger partial charge in [-0.05, 0) is 36.8 Å². The highest BCUT2D eigenvalue weighted by Crippen LogP contribution is 2.37. The van der Waals surface area contributed by atoms with E-state index in [9.17, 15) is 10.2 Å². The number of nitrogens with one attached hydrogen (secondary N) is 2. The quantitative estimate of drug-likeness (QED) is 0.249. The topological polar surface area (TPSA) is 73.8 Å². The predicted molar refractivity (Wildman–Crippen MR) is 154 cm³/mol. The van der Waals surface area contributed by atoms with Crippen LogP contribution >= 0.6 is 0 Å². The van der Waals surface area contributed by atoms with Gasteiger partial charge in [0.15, 0.2) is 0 Å². The van der Waals surface area contributed by atoms with Gasteiger partial charge in [-0.1, -0.05) is 88.2 Å². The first-order chi connectivity index (χ1) is 17.7. The predicted octanol–water partition coefficient (Wildman–Crippen LogP) is 7.05. The van der Waals surface area contributed by atoms with Crippen LogP contribution in [-0.2, 0) is 6.54 Å². The lowest BCUT2D eigenvalue weighted by atomic mass is 9.86. The minimum Gasteiger partial charge on any atom is -0.508 e. The molecule has 0 spiro atoms. The number of aromatic hydroxyl groups is 1. The van der Waals surface area contributed by atoms with E-state index in [-0.39, 0.29) is 17.2 Å². The van der Waals surface area contributed by atoms with Gasteiger partial charge in [0.1, 0.15) is 17.3 Å². The van der Waals surface area contributed by atoms with Crippen molar-refractivity contribution in [2.75, 3.05) is 20.2 Å². The lowest BCUT2D eigenvalue weighted by molar-refractivity contribution is 0.263. The number of aliphatic hydroxyl groups excluding tert-OH is 1. The summed E-state index contributed by atoms with van der Waals surface area (Å²) in [4.78, 5) is 0. The second-order valence-electron chi connectivity index (χ2n) is 10.9. The molecule has 2 aromatic rings. The Morgan fingerprint density at radius 3 is 2.46 bits per heavy atom. The van der Waals surface area contributed by atoms with E-state index >= 15 is 0 Å². The van der Waals surface area contributed by atoms with E-state index in [0.29, 0.717) is 18.8 Å². The number of unbranched alkanes of at least 4 members (excludes halogenated alkanes) is 1. The third-order valence-corrected chi connectivity index (χ3v) is 7.03. The summed E-state index contributed by atoms with van der Waals surface area (Å²) < 4.78 is 5.50. The number of aliphatic hydroxyl groups is 1. The SMILES string of the molecule is CCCCC1=CC=C(O)C(CNC(CNCc2cccc(-c3ccccc3OC)c2O)C(C)(C)C)=CC1. The fraction of sp³-hybridized carbons (Fsp3) is 0.438. The summed E-state index contributed by atoms with van der Waals surface area (Å²) in [6, 6.07) is 13.7. The van der Waals surface area contributed by atoms with Crippen molar-refractivity contribution in [3.05, 3.63) is 83.2 Å². The van der Waals surface area contributed by atoms with Gasteiger partial charge < -0.3 is 25.6 Å². The number of hydrogen-bond donors (Lipinski definition) is 4. The summed E-state index contributed by atoms with van der Waals surface area (Å²) >= 11 is 0. The minimum absolute atomic E-state index is 0.00343. The molecule has 200 valence electrons. The van der Waals surface area contributed by atoms with Gasteiger partial charge in [0, 0.05) is 47.9 Å². The van der Waals surface area contributed by atoms with Crippen molar-refractivity contribution in [1.29, 1.82) is 0 Å². The Bertz CT molecular complexity index is 1130. The molecule has 1 aliphatic rings. The van der Waals surface area contributed by atoms with Gasteiger partial charge in [-0.15, -0.1) is 0 Å². The number of para-hydroxylation sites is 2. The summed E-state index contributed by atoms with van der Waals surface area (Å²) in [5.41, 5.74) is 4.79. The van der Waals surface area contributed by atoms with Gasteiger partial charge in [0.25, 0.3) is 0 Å². The molecule has 0 heterocycles. The first-order valence-corrected chi connectivity index (χ1v) is 13.4. The Labute approximate surface area is 223 Å². The zero-order valence-electron chi connectivity index (χ0n) is 23.1. The van der Waals surface area contributed by atoms with Crippen molar-refractivity contribution in [3.63, 3.8) is 0 Å². The molecule has 1 aliphatic carbocycles. The van der Waals surface area contributed by atoms with Gasteiger partial charge in [-0.25, -0.2) is 0 Å². The van der Waals surface area contributed by atoms with Crippen molar-refractivity contribution < 1.29 is 14.9 Å². The number of hydrogen-bond acceptors (Lipinski definition) is 5.